The third-order valence-electron chi connectivity index (χ3n) is 4.23. The number of nitrogens with zero attached hydrogens (tertiary/aromatic N) is 3. The molecule has 0 saturated heterocycles. The van der Waals surface area contributed by atoms with Crippen molar-refractivity contribution in [3.63, 3.8) is 0 Å². The summed E-state index contributed by atoms with van der Waals surface area (Å²) in [5, 5.41) is 16.8. The van der Waals surface area contributed by atoms with Gasteiger partial charge in [0, 0.05) is 13.1 Å². The molecule has 0 fully saturated rings. The van der Waals surface area contributed by atoms with Gasteiger partial charge in [-0.15, -0.1) is 0 Å². The third kappa shape index (κ3) is 3.47. The van der Waals surface area contributed by atoms with Crippen molar-refractivity contribution >= 4 is 17.1 Å². The zero-order valence-electron chi connectivity index (χ0n) is 15.1. The highest BCUT2D eigenvalue weighted by Crippen LogP contribution is 2.20. The Morgan fingerprint density at radius 2 is 1.96 bits per heavy atom. The van der Waals surface area contributed by atoms with Crippen LogP contribution in [0.1, 0.15) is 5.69 Å². The first-order chi connectivity index (χ1) is 12.9. The molecule has 140 valence electrons. The summed E-state index contributed by atoms with van der Waals surface area (Å²) in [4.78, 5) is 17.4. The van der Waals surface area contributed by atoms with Crippen LogP contribution in [0.2, 0.25) is 0 Å². The van der Waals surface area contributed by atoms with Gasteiger partial charge in [-0.2, -0.15) is 0 Å². The van der Waals surface area contributed by atoms with E-state index in [1.165, 1.54) is 16.8 Å². The van der Waals surface area contributed by atoms with Crippen molar-refractivity contribution in [1.29, 1.82) is 5.41 Å². The monoisotopic (exact) mass is 367 g/mol. The van der Waals surface area contributed by atoms with E-state index in [9.17, 15) is 4.79 Å². The molecule has 8 heteroatoms. The van der Waals surface area contributed by atoms with Gasteiger partial charge < -0.3 is 15.6 Å². The van der Waals surface area contributed by atoms with Crippen molar-refractivity contribution in [2.24, 2.45) is 17.8 Å². The van der Waals surface area contributed by atoms with Crippen LogP contribution in [0.3, 0.4) is 0 Å². The summed E-state index contributed by atoms with van der Waals surface area (Å²) in [5.74, 6) is 0.244. The van der Waals surface area contributed by atoms with E-state index in [2.05, 4.69) is 4.99 Å². The number of allylic oxidation sites excluding steroid dienone is 2. The van der Waals surface area contributed by atoms with Gasteiger partial charge in [0.15, 0.2) is 5.69 Å². The average Bonchev–Trinajstić information content (AvgIpc) is 2.86. The van der Waals surface area contributed by atoms with E-state index < -0.39 is 0 Å². The Morgan fingerprint density at radius 1 is 1.26 bits per heavy atom. The van der Waals surface area contributed by atoms with Gasteiger partial charge in [0.05, 0.1) is 35.1 Å². The summed E-state index contributed by atoms with van der Waals surface area (Å²) in [6, 6.07) is 9.28. The standard InChI is InChI=1S/C19H21N5O3/c1-12-18(19(26)24(23(12)2)13-6-4-3-5-7-13)22-16-11-17(27-9-8-25)15(21)10-14(16)20/h3-7,10-11,21,25H,8-9,20H2,1-2H3/b21-15?,22-16-. The second kappa shape index (κ2) is 7.46. The van der Waals surface area contributed by atoms with E-state index in [0.717, 1.165) is 5.69 Å². The maximum atomic E-state index is 13.0. The Balaban J connectivity index is 2.09. The van der Waals surface area contributed by atoms with E-state index in [0.29, 0.717) is 11.4 Å². The van der Waals surface area contributed by atoms with Gasteiger partial charge in [-0.05, 0) is 25.1 Å². The fraction of sp³-hybridized carbons (Fsp3) is 0.211. The Morgan fingerprint density at radius 3 is 2.63 bits per heavy atom. The Kier molecular flexibility index (Phi) is 5.09. The minimum absolute atomic E-state index is 0.0560. The maximum absolute atomic E-state index is 13.0. The molecule has 0 bridgehead atoms. The summed E-state index contributed by atoms with van der Waals surface area (Å²) in [6.45, 7) is 1.69. The molecule has 0 saturated carbocycles. The van der Waals surface area contributed by atoms with Gasteiger partial charge in [0.1, 0.15) is 12.4 Å². The Bertz CT molecular complexity index is 1030. The number of benzene rings is 1. The van der Waals surface area contributed by atoms with Gasteiger partial charge in [-0.25, -0.2) is 9.67 Å². The molecule has 0 unspecified atom stereocenters. The zero-order chi connectivity index (χ0) is 19.6. The van der Waals surface area contributed by atoms with E-state index in [-0.39, 0.29) is 41.6 Å². The fourth-order valence-electron chi connectivity index (χ4n) is 2.76. The normalized spacial score (nSPS) is 15.7. The van der Waals surface area contributed by atoms with E-state index >= 15 is 0 Å². The first kappa shape index (κ1) is 18.4. The van der Waals surface area contributed by atoms with Crippen LogP contribution in [-0.4, -0.2) is 39.1 Å². The van der Waals surface area contributed by atoms with Crippen molar-refractivity contribution < 1.29 is 9.84 Å². The van der Waals surface area contributed by atoms with Crippen LogP contribution in [-0.2, 0) is 11.8 Å². The number of para-hydroxylation sites is 1. The van der Waals surface area contributed by atoms with Gasteiger partial charge in [-0.3, -0.25) is 14.9 Å². The molecule has 0 atom stereocenters. The molecule has 1 heterocycles. The predicted molar refractivity (Wildman–Crippen MR) is 104 cm³/mol. The summed E-state index contributed by atoms with van der Waals surface area (Å²) < 4.78 is 8.60. The predicted octanol–water partition coefficient (Wildman–Crippen LogP) is 1.33. The summed E-state index contributed by atoms with van der Waals surface area (Å²) in [6.07, 6.45) is 2.92. The van der Waals surface area contributed by atoms with Gasteiger partial charge in [0.25, 0.3) is 5.56 Å². The van der Waals surface area contributed by atoms with Crippen molar-refractivity contribution in [3.8, 4) is 5.69 Å². The molecule has 1 aliphatic rings. The molecule has 1 aromatic carbocycles. The van der Waals surface area contributed by atoms with Crippen LogP contribution in [0.5, 0.6) is 0 Å². The van der Waals surface area contributed by atoms with Gasteiger partial charge in [-0.1, -0.05) is 18.2 Å². The van der Waals surface area contributed by atoms with Crippen LogP contribution < -0.4 is 11.3 Å². The molecule has 27 heavy (non-hydrogen) atoms. The Labute approximate surface area is 156 Å². The summed E-state index contributed by atoms with van der Waals surface area (Å²) >= 11 is 0. The van der Waals surface area contributed by atoms with Crippen LogP contribution in [0.4, 0.5) is 5.69 Å². The average molecular weight is 367 g/mol. The van der Waals surface area contributed by atoms with Crippen LogP contribution >= 0.6 is 0 Å². The minimum Gasteiger partial charge on any atom is -0.489 e. The number of ether oxygens (including phenoxy) is 1. The largest absolute Gasteiger partial charge is 0.489 e. The number of nitrogens with two attached hydrogens (primary N) is 1. The smallest absolute Gasteiger partial charge is 0.297 e. The van der Waals surface area contributed by atoms with Gasteiger partial charge >= 0.3 is 0 Å². The molecule has 0 spiro atoms. The highest BCUT2D eigenvalue weighted by molar-refractivity contribution is 6.22. The minimum atomic E-state index is -0.270. The first-order valence-corrected chi connectivity index (χ1v) is 8.38. The van der Waals surface area contributed by atoms with Gasteiger partial charge in [0.2, 0.25) is 0 Å². The first-order valence-electron chi connectivity index (χ1n) is 8.38. The molecule has 0 amide bonds. The number of nitrogens with one attached hydrogen (secondary N) is 1. The molecule has 0 radical (unpaired) electrons. The third-order valence-corrected chi connectivity index (χ3v) is 4.23. The lowest BCUT2D eigenvalue weighted by Gasteiger charge is -2.14. The number of hydrogen-bond acceptors (Lipinski definition) is 6. The molecular formula is C19H21N5O3. The number of aliphatic hydroxyl groups excluding tert-OH is 1. The van der Waals surface area contributed by atoms with Crippen molar-refractivity contribution in [1.82, 2.24) is 9.36 Å². The Hall–Kier alpha value is -3.39. The van der Waals surface area contributed by atoms with E-state index in [1.54, 1.807) is 18.7 Å². The molecule has 0 aliphatic heterocycles. The highest BCUT2D eigenvalue weighted by atomic mass is 16.5. The lowest BCUT2D eigenvalue weighted by Crippen LogP contribution is -2.21. The number of aromatic nitrogens is 2. The van der Waals surface area contributed by atoms with Crippen molar-refractivity contribution in [2.75, 3.05) is 13.2 Å². The molecule has 1 aliphatic carbocycles. The fourth-order valence-corrected chi connectivity index (χ4v) is 2.76. The van der Waals surface area contributed by atoms with E-state index in [4.69, 9.17) is 21.0 Å². The second-order valence-electron chi connectivity index (χ2n) is 6.00. The second-order valence-corrected chi connectivity index (χ2v) is 6.00. The number of hydrogen-bond donors (Lipinski definition) is 3. The van der Waals surface area contributed by atoms with Crippen LogP contribution in [0.25, 0.3) is 5.69 Å². The van der Waals surface area contributed by atoms with Crippen molar-refractivity contribution in [3.05, 3.63) is 70.0 Å². The topological polar surface area (TPSA) is 119 Å². The molecule has 8 nitrogen and oxygen atoms in total. The molecule has 2 aromatic rings. The maximum Gasteiger partial charge on any atom is 0.297 e. The lowest BCUT2D eigenvalue weighted by molar-refractivity contribution is 0.156. The quantitative estimate of drug-likeness (QED) is 0.691. The molecule has 3 rings (SSSR count). The summed E-state index contributed by atoms with van der Waals surface area (Å²) in [5.41, 5.74) is 8.09. The molecular weight excluding hydrogens is 346 g/mol. The molecule has 1 aromatic heterocycles. The number of aliphatic hydroxyl groups is 1. The van der Waals surface area contributed by atoms with E-state index in [1.807, 2.05) is 30.3 Å². The lowest BCUT2D eigenvalue weighted by atomic mass is 10.1. The summed E-state index contributed by atoms with van der Waals surface area (Å²) in [7, 11) is 1.79. The van der Waals surface area contributed by atoms with Crippen molar-refractivity contribution in [2.45, 2.75) is 6.92 Å². The number of rotatable bonds is 5. The molecule has 4 N–H and O–H groups in total. The highest BCUT2D eigenvalue weighted by Gasteiger charge is 2.20. The number of aliphatic imine (C=N–C) groups is 1. The zero-order valence-corrected chi connectivity index (χ0v) is 15.1. The van der Waals surface area contributed by atoms with Crippen LogP contribution in [0, 0.1) is 12.3 Å². The SMILES string of the molecule is Cc1c(/N=C2/C=C(OCCO)C(=N)C=C2N)c(=O)n(-c2ccccc2)n1C. The van der Waals surface area contributed by atoms with Crippen LogP contribution in [0.15, 0.2) is 63.7 Å².